The van der Waals surface area contributed by atoms with Crippen molar-refractivity contribution in [3.05, 3.63) is 35.9 Å². The van der Waals surface area contributed by atoms with Gasteiger partial charge in [0.1, 0.15) is 0 Å². The molecular formula is C14H22O. The third-order valence-electron chi connectivity index (χ3n) is 3.25. The summed E-state index contributed by atoms with van der Waals surface area (Å²) < 4.78 is 0. The van der Waals surface area contributed by atoms with Crippen molar-refractivity contribution in [2.75, 3.05) is 6.61 Å². The Bertz CT molecular complexity index is 255. The van der Waals surface area contributed by atoms with Gasteiger partial charge in [-0.3, -0.25) is 0 Å². The molecule has 84 valence electrons. The standard InChI is InChI=1S/C14H22O/c1-12(8-6-7-11-15)13(2)14-9-4-3-5-10-14/h3-5,9-10,12-13,15H,6-8,11H2,1-2H3. The van der Waals surface area contributed by atoms with Crippen LogP contribution >= 0.6 is 0 Å². The van der Waals surface area contributed by atoms with Gasteiger partial charge in [-0.2, -0.15) is 0 Å². The van der Waals surface area contributed by atoms with Crippen LogP contribution in [0.2, 0.25) is 0 Å². The van der Waals surface area contributed by atoms with Crippen LogP contribution < -0.4 is 0 Å². The van der Waals surface area contributed by atoms with Crippen LogP contribution in [-0.4, -0.2) is 11.7 Å². The zero-order chi connectivity index (χ0) is 11.1. The van der Waals surface area contributed by atoms with Gasteiger partial charge in [-0.1, -0.05) is 57.0 Å². The number of hydrogen-bond acceptors (Lipinski definition) is 1. The number of unbranched alkanes of at least 4 members (excludes halogenated alkanes) is 1. The highest BCUT2D eigenvalue weighted by Crippen LogP contribution is 2.27. The minimum Gasteiger partial charge on any atom is -0.396 e. The first-order chi connectivity index (χ1) is 7.25. The molecule has 0 bridgehead atoms. The van der Waals surface area contributed by atoms with Gasteiger partial charge in [0.2, 0.25) is 0 Å². The van der Waals surface area contributed by atoms with E-state index in [-0.39, 0.29) is 0 Å². The van der Waals surface area contributed by atoms with Gasteiger partial charge in [0.05, 0.1) is 0 Å². The van der Waals surface area contributed by atoms with E-state index in [0.717, 1.165) is 12.8 Å². The maximum Gasteiger partial charge on any atom is 0.0431 e. The second-order valence-corrected chi connectivity index (χ2v) is 4.40. The molecule has 2 unspecified atom stereocenters. The largest absolute Gasteiger partial charge is 0.396 e. The summed E-state index contributed by atoms with van der Waals surface area (Å²) in [6, 6.07) is 10.7. The molecule has 0 saturated heterocycles. The molecule has 0 aliphatic carbocycles. The highest BCUT2D eigenvalue weighted by molar-refractivity contribution is 5.19. The Hall–Kier alpha value is -0.820. The molecule has 2 atom stereocenters. The lowest BCUT2D eigenvalue weighted by atomic mass is 9.86. The Morgan fingerprint density at radius 3 is 2.33 bits per heavy atom. The van der Waals surface area contributed by atoms with Crippen molar-refractivity contribution in [1.29, 1.82) is 0 Å². The van der Waals surface area contributed by atoms with Crippen LogP contribution in [0.4, 0.5) is 0 Å². The monoisotopic (exact) mass is 206 g/mol. The topological polar surface area (TPSA) is 20.2 Å². The molecule has 15 heavy (non-hydrogen) atoms. The molecule has 0 amide bonds. The van der Waals surface area contributed by atoms with Gasteiger partial charge in [0.15, 0.2) is 0 Å². The van der Waals surface area contributed by atoms with Gasteiger partial charge in [-0.15, -0.1) is 0 Å². The third-order valence-corrected chi connectivity index (χ3v) is 3.25. The molecule has 0 aliphatic rings. The first-order valence-corrected chi connectivity index (χ1v) is 5.91. The van der Waals surface area contributed by atoms with E-state index in [4.69, 9.17) is 5.11 Å². The summed E-state index contributed by atoms with van der Waals surface area (Å²) in [4.78, 5) is 0. The van der Waals surface area contributed by atoms with Gasteiger partial charge in [-0.25, -0.2) is 0 Å². The molecule has 1 heteroatoms. The maximum absolute atomic E-state index is 8.73. The summed E-state index contributed by atoms with van der Waals surface area (Å²) in [5.41, 5.74) is 1.42. The summed E-state index contributed by atoms with van der Waals surface area (Å²) in [7, 11) is 0. The molecule has 0 aliphatic heterocycles. The Labute approximate surface area is 93.1 Å². The fraction of sp³-hybridized carbons (Fsp3) is 0.571. The summed E-state index contributed by atoms with van der Waals surface area (Å²) in [6.07, 6.45) is 3.28. The Morgan fingerprint density at radius 1 is 1.07 bits per heavy atom. The van der Waals surface area contributed by atoms with Gasteiger partial charge in [-0.05, 0) is 23.8 Å². The molecule has 1 nitrogen and oxygen atoms in total. The quantitative estimate of drug-likeness (QED) is 0.705. The lowest BCUT2D eigenvalue weighted by Crippen LogP contribution is -2.06. The Kier molecular flexibility index (Phi) is 5.41. The van der Waals surface area contributed by atoms with Crippen LogP contribution in [0.25, 0.3) is 0 Å². The second-order valence-electron chi connectivity index (χ2n) is 4.40. The van der Waals surface area contributed by atoms with E-state index in [1.807, 2.05) is 0 Å². The number of aliphatic hydroxyl groups excluding tert-OH is 1. The molecule has 0 saturated carbocycles. The van der Waals surface area contributed by atoms with Crippen LogP contribution in [0.3, 0.4) is 0 Å². The molecule has 1 rings (SSSR count). The van der Waals surface area contributed by atoms with Crippen molar-refractivity contribution >= 4 is 0 Å². The van der Waals surface area contributed by atoms with Gasteiger partial charge in [0, 0.05) is 6.61 Å². The molecule has 1 aromatic carbocycles. The minimum atomic E-state index is 0.326. The molecule has 0 radical (unpaired) electrons. The van der Waals surface area contributed by atoms with E-state index in [1.165, 1.54) is 12.0 Å². The predicted molar refractivity (Wildman–Crippen MR) is 65.0 cm³/mol. The van der Waals surface area contributed by atoms with E-state index in [1.54, 1.807) is 0 Å². The van der Waals surface area contributed by atoms with Crippen molar-refractivity contribution in [2.24, 2.45) is 5.92 Å². The van der Waals surface area contributed by atoms with Crippen molar-refractivity contribution in [3.63, 3.8) is 0 Å². The average Bonchev–Trinajstić information content (AvgIpc) is 2.29. The van der Waals surface area contributed by atoms with Gasteiger partial charge < -0.3 is 5.11 Å². The molecule has 1 N–H and O–H groups in total. The van der Waals surface area contributed by atoms with Crippen LogP contribution in [0, 0.1) is 5.92 Å². The molecule has 0 fully saturated rings. The predicted octanol–water partition coefficient (Wildman–Crippen LogP) is 3.59. The SMILES string of the molecule is CC(CCCCO)C(C)c1ccccc1. The average molecular weight is 206 g/mol. The van der Waals surface area contributed by atoms with E-state index in [2.05, 4.69) is 44.2 Å². The zero-order valence-electron chi connectivity index (χ0n) is 9.82. The van der Waals surface area contributed by atoms with E-state index in [0.29, 0.717) is 18.4 Å². The smallest absolute Gasteiger partial charge is 0.0431 e. The van der Waals surface area contributed by atoms with Crippen LogP contribution in [0.15, 0.2) is 30.3 Å². The third kappa shape index (κ3) is 4.05. The van der Waals surface area contributed by atoms with Gasteiger partial charge in [0.25, 0.3) is 0 Å². The Morgan fingerprint density at radius 2 is 1.73 bits per heavy atom. The van der Waals surface area contributed by atoms with Crippen LogP contribution in [0.5, 0.6) is 0 Å². The fourth-order valence-corrected chi connectivity index (χ4v) is 1.91. The van der Waals surface area contributed by atoms with Crippen molar-refractivity contribution < 1.29 is 5.11 Å². The fourth-order valence-electron chi connectivity index (χ4n) is 1.91. The lowest BCUT2D eigenvalue weighted by Gasteiger charge is -2.20. The maximum atomic E-state index is 8.73. The lowest BCUT2D eigenvalue weighted by molar-refractivity contribution is 0.276. The van der Waals surface area contributed by atoms with Crippen molar-refractivity contribution in [2.45, 2.75) is 39.0 Å². The minimum absolute atomic E-state index is 0.326. The molecule has 0 heterocycles. The summed E-state index contributed by atoms with van der Waals surface area (Å²) in [6.45, 7) is 4.92. The summed E-state index contributed by atoms with van der Waals surface area (Å²) in [5, 5.41) is 8.73. The van der Waals surface area contributed by atoms with E-state index in [9.17, 15) is 0 Å². The zero-order valence-corrected chi connectivity index (χ0v) is 9.82. The highest BCUT2D eigenvalue weighted by atomic mass is 16.2. The molecule has 0 aromatic heterocycles. The number of hydrogen-bond donors (Lipinski definition) is 1. The first-order valence-electron chi connectivity index (χ1n) is 5.91. The normalized spacial score (nSPS) is 14.9. The molecular weight excluding hydrogens is 184 g/mol. The number of rotatable bonds is 6. The number of benzene rings is 1. The summed E-state index contributed by atoms with van der Waals surface area (Å²) >= 11 is 0. The van der Waals surface area contributed by atoms with E-state index >= 15 is 0 Å². The summed E-state index contributed by atoms with van der Waals surface area (Å²) in [5.74, 6) is 1.31. The van der Waals surface area contributed by atoms with Gasteiger partial charge >= 0.3 is 0 Å². The van der Waals surface area contributed by atoms with Crippen LogP contribution in [-0.2, 0) is 0 Å². The Balaban J connectivity index is 2.42. The number of aliphatic hydroxyl groups is 1. The second kappa shape index (κ2) is 6.62. The van der Waals surface area contributed by atoms with Crippen molar-refractivity contribution in [3.8, 4) is 0 Å². The highest BCUT2D eigenvalue weighted by Gasteiger charge is 2.13. The molecule has 0 spiro atoms. The first kappa shape index (κ1) is 12.3. The molecule has 1 aromatic rings. The van der Waals surface area contributed by atoms with E-state index < -0.39 is 0 Å². The van der Waals surface area contributed by atoms with Crippen molar-refractivity contribution in [1.82, 2.24) is 0 Å². The van der Waals surface area contributed by atoms with Crippen LogP contribution in [0.1, 0.15) is 44.6 Å².